The van der Waals surface area contributed by atoms with E-state index in [1.54, 1.807) is 57.3 Å². The molecular formula is C36H20I2O7. The number of hydrogen-bond acceptors (Lipinski definition) is 7. The van der Waals surface area contributed by atoms with Crippen molar-refractivity contribution >= 4 is 99.4 Å². The molecule has 7 nitrogen and oxygen atoms in total. The Morgan fingerprint density at radius 1 is 0.422 bits per heavy atom. The fourth-order valence-corrected chi connectivity index (χ4v) is 7.44. The van der Waals surface area contributed by atoms with E-state index in [1.165, 1.54) is 0 Å². The lowest BCUT2D eigenvalue weighted by Crippen LogP contribution is -1.96. The summed E-state index contributed by atoms with van der Waals surface area (Å²) < 4.78 is 6.16. The first-order chi connectivity index (χ1) is 21.7. The van der Waals surface area contributed by atoms with Crippen molar-refractivity contribution in [3.05, 3.63) is 92.1 Å². The highest BCUT2D eigenvalue weighted by Crippen LogP contribution is 2.59. The number of rotatable bonds is 2. The summed E-state index contributed by atoms with van der Waals surface area (Å²) >= 11 is 3.52. The number of fused-ring (bicyclic) bond motifs is 6. The second kappa shape index (κ2) is 9.94. The van der Waals surface area contributed by atoms with Crippen LogP contribution < -0.4 is 0 Å². The number of hydrogen-bond donors (Lipinski definition) is 6. The molecule has 0 bridgehead atoms. The Hall–Kier alpha value is -4.62. The molecule has 8 aromatic rings. The lowest BCUT2D eigenvalue weighted by molar-refractivity contribution is 0.397. The van der Waals surface area contributed by atoms with Gasteiger partial charge in [-0.3, -0.25) is 0 Å². The molecule has 7 aromatic carbocycles. The van der Waals surface area contributed by atoms with Crippen molar-refractivity contribution in [3.8, 4) is 56.8 Å². The van der Waals surface area contributed by atoms with Crippen molar-refractivity contribution in [2.24, 2.45) is 0 Å². The molecule has 0 atom stereocenters. The van der Waals surface area contributed by atoms with Gasteiger partial charge in [-0.1, -0.05) is 60.7 Å². The van der Waals surface area contributed by atoms with Gasteiger partial charge in [-0.05, 0) is 91.3 Å². The zero-order valence-electron chi connectivity index (χ0n) is 22.9. The highest BCUT2D eigenvalue weighted by molar-refractivity contribution is 14.1. The summed E-state index contributed by atoms with van der Waals surface area (Å²) in [4.78, 5) is 0. The van der Waals surface area contributed by atoms with Gasteiger partial charge in [-0.25, -0.2) is 0 Å². The fraction of sp³-hybridized carbons (Fsp3) is 0. The number of furan rings is 1. The first-order valence-corrected chi connectivity index (χ1v) is 15.9. The maximum atomic E-state index is 11.7. The molecule has 0 aliphatic heterocycles. The molecule has 45 heavy (non-hydrogen) atoms. The van der Waals surface area contributed by atoms with Gasteiger partial charge in [0.15, 0.2) is 23.0 Å². The average molecular weight is 818 g/mol. The number of para-hydroxylation sites is 1. The molecule has 0 fully saturated rings. The van der Waals surface area contributed by atoms with Crippen LogP contribution in [-0.2, 0) is 0 Å². The minimum atomic E-state index is -0.547. The average Bonchev–Trinajstić information content (AvgIpc) is 3.44. The van der Waals surface area contributed by atoms with E-state index in [0.717, 1.165) is 21.5 Å². The first kappa shape index (κ1) is 27.9. The second-order valence-electron chi connectivity index (χ2n) is 10.8. The first-order valence-electron chi connectivity index (χ1n) is 13.8. The minimum Gasteiger partial charge on any atom is -0.506 e. The SMILES string of the molecule is Oc1c(I)c(O)c2c(-c3ccc4ccccc4c3)c3c(O)c(I)c(O)c(O)c3c(-c3ccc4c(c3)oc3ccccc34)c2c1O. The van der Waals surface area contributed by atoms with Crippen molar-refractivity contribution in [1.82, 2.24) is 0 Å². The Morgan fingerprint density at radius 2 is 0.911 bits per heavy atom. The molecule has 220 valence electrons. The van der Waals surface area contributed by atoms with Crippen molar-refractivity contribution < 1.29 is 35.1 Å². The van der Waals surface area contributed by atoms with Gasteiger partial charge >= 0.3 is 0 Å². The maximum absolute atomic E-state index is 11.7. The molecule has 0 radical (unpaired) electrons. The van der Waals surface area contributed by atoms with E-state index >= 15 is 0 Å². The van der Waals surface area contributed by atoms with E-state index in [9.17, 15) is 30.6 Å². The molecule has 1 aromatic heterocycles. The third kappa shape index (κ3) is 3.86. The van der Waals surface area contributed by atoms with Crippen LogP contribution in [0, 0.1) is 7.14 Å². The quantitative estimate of drug-likeness (QED) is 0.0443. The summed E-state index contributed by atoms with van der Waals surface area (Å²) in [5, 5.41) is 72.6. The van der Waals surface area contributed by atoms with Crippen LogP contribution in [0.5, 0.6) is 34.5 Å². The van der Waals surface area contributed by atoms with Gasteiger partial charge in [0.1, 0.15) is 29.8 Å². The zero-order chi connectivity index (χ0) is 31.3. The van der Waals surface area contributed by atoms with Crippen LogP contribution in [0.25, 0.3) is 76.5 Å². The van der Waals surface area contributed by atoms with Gasteiger partial charge in [-0.2, -0.15) is 0 Å². The van der Waals surface area contributed by atoms with Crippen LogP contribution in [0.3, 0.4) is 0 Å². The Morgan fingerprint density at radius 3 is 1.56 bits per heavy atom. The summed E-state index contributed by atoms with van der Waals surface area (Å²) in [6.45, 7) is 0. The number of phenolic OH excluding ortho intramolecular Hbond substituents is 6. The monoisotopic (exact) mass is 818 g/mol. The van der Waals surface area contributed by atoms with Gasteiger partial charge in [0.05, 0.1) is 0 Å². The van der Waals surface area contributed by atoms with E-state index in [4.69, 9.17) is 4.42 Å². The topological polar surface area (TPSA) is 135 Å². The highest BCUT2D eigenvalue weighted by atomic mass is 127. The Labute approximate surface area is 281 Å². The van der Waals surface area contributed by atoms with Crippen LogP contribution in [0.1, 0.15) is 0 Å². The maximum Gasteiger partial charge on any atom is 0.175 e. The summed E-state index contributed by atoms with van der Waals surface area (Å²) in [5.74, 6) is -2.80. The van der Waals surface area contributed by atoms with Crippen LogP contribution in [0.15, 0.2) is 89.3 Å². The molecule has 0 aliphatic carbocycles. The summed E-state index contributed by atoms with van der Waals surface area (Å²) in [7, 11) is 0. The van der Waals surface area contributed by atoms with E-state index in [1.807, 2.05) is 72.8 Å². The summed E-state index contributed by atoms with van der Waals surface area (Å²) in [5.41, 5.74) is 2.67. The molecule has 0 amide bonds. The fourth-order valence-electron chi connectivity index (χ4n) is 6.39. The smallest absolute Gasteiger partial charge is 0.175 e. The van der Waals surface area contributed by atoms with E-state index < -0.39 is 23.0 Å². The third-order valence-electron chi connectivity index (χ3n) is 8.43. The van der Waals surface area contributed by atoms with Gasteiger partial charge < -0.3 is 35.1 Å². The van der Waals surface area contributed by atoms with Crippen molar-refractivity contribution in [2.45, 2.75) is 0 Å². The number of halogens is 2. The normalized spacial score (nSPS) is 11.9. The lowest BCUT2D eigenvalue weighted by Gasteiger charge is -2.23. The van der Waals surface area contributed by atoms with E-state index in [2.05, 4.69) is 0 Å². The highest BCUT2D eigenvalue weighted by Gasteiger charge is 2.31. The molecule has 0 unspecified atom stereocenters. The van der Waals surface area contributed by atoms with Crippen LogP contribution in [0.4, 0.5) is 0 Å². The van der Waals surface area contributed by atoms with Crippen molar-refractivity contribution in [2.75, 3.05) is 0 Å². The Bertz CT molecular complexity index is 2510. The van der Waals surface area contributed by atoms with Gasteiger partial charge in [0.2, 0.25) is 0 Å². The van der Waals surface area contributed by atoms with Gasteiger partial charge in [0, 0.05) is 43.4 Å². The van der Waals surface area contributed by atoms with Gasteiger partial charge in [0.25, 0.3) is 0 Å². The lowest BCUT2D eigenvalue weighted by atomic mass is 9.83. The van der Waals surface area contributed by atoms with E-state index in [-0.39, 0.29) is 45.7 Å². The van der Waals surface area contributed by atoms with Crippen molar-refractivity contribution in [3.63, 3.8) is 0 Å². The molecule has 9 heteroatoms. The number of benzene rings is 7. The standard InChI is InChI=1S/C36H20I2O7/c37-29-31(39)25-23(17-10-9-15-5-1-2-6-16(15)13-17)26-28(34(42)36(44)30(38)32(26)40)24(27(25)33(41)35(29)43)18-11-12-20-19-7-3-4-8-21(19)45-22(20)14-18/h1-14,39-44H. The largest absolute Gasteiger partial charge is 0.506 e. The summed E-state index contributed by atoms with van der Waals surface area (Å²) in [6, 6.07) is 26.2. The van der Waals surface area contributed by atoms with Crippen LogP contribution in [-0.4, -0.2) is 30.6 Å². The van der Waals surface area contributed by atoms with Crippen LogP contribution >= 0.6 is 45.2 Å². The molecule has 0 aliphatic rings. The molecule has 0 saturated heterocycles. The Balaban J connectivity index is 1.64. The molecule has 8 rings (SSSR count). The third-order valence-corrected chi connectivity index (χ3v) is 10.5. The van der Waals surface area contributed by atoms with Crippen LogP contribution in [0.2, 0.25) is 0 Å². The number of aromatic hydroxyl groups is 6. The molecule has 1 heterocycles. The Kier molecular flexibility index (Phi) is 6.16. The van der Waals surface area contributed by atoms with Gasteiger partial charge in [-0.15, -0.1) is 0 Å². The van der Waals surface area contributed by atoms with Crippen molar-refractivity contribution in [1.29, 1.82) is 0 Å². The number of phenols is 6. The second-order valence-corrected chi connectivity index (χ2v) is 13.0. The summed E-state index contributed by atoms with van der Waals surface area (Å²) in [6.07, 6.45) is 0. The zero-order valence-corrected chi connectivity index (χ0v) is 27.2. The molecule has 0 spiro atoms. The van der Waals surface area contributed by atoms with E-state index in [0.29, 0.717) is 27.9 Å². The predicted molar refractivity (Wildman–Crippen MR) is 193 cm³/mol. The minimum absolute atomic E-state index is 0.00913. The molecular weight excluding hydrogens is 798 g/mol. The predicted octanol–water partition coefficient (Wildman–Crippen LogP) is 9.82. The molecule has 6 N–H and O–H groups in total. The molecule has 0 saturated carbocycles.